The molecule has 12 heteroatoms. The molecule has 0 saturated heterocycles. The van der Waals surface area contributed by atoms with Gasteiger partial charge in [0, 0.05) is 0 Å². The number of thiol groups is 1. The monoisotopic (exact) mass is 554 g/mol. The zero-order valence-corrected chi connectivity index (χ0v) is 22.1. The third-order valence-electron chi connectivity index (χ3n) is 5.96. The summed E-state index contributed by atoms with van der Waals surface area (Å²) in [5.74, 6) is -0.510. The number of aromatic nitrogens is 3. The van der Waals surface area contributed by atoms with Gasteiger partial charge in [0.25, 0.3) is 0 Å². The van der Waals surface area contributed by atoms with Gasteiger partial charge < -0.3 is 4.42 Å². The first kappa shape index (κ1) is 25.2. The lowest BCUT2D eigenvalue weighted by Crippen LogP contribution is -2.35. The summed E-state index contributed by atoms with van der Waals surface area (Å²) in [4.78, 5) is 4.69. The molecule has 190 valence electrons. The molecule has 0 fully saturated rings. The molecular weight excluding hydrogens is 532 g/mol. The Hall–Kier alpha value is -3.45. The van der Waals surface area contributed by atoms with E-state index in [-0.39, 0.29) is 29.1 Å². The minimum atomic E-state index is -4.00. The van der Waals surface area contributed by atoms with E-state index in [9.17, 15) is 16.8 Å². The topological polar surface area (TPSA) is 132 Å². The lowest BCUT2D eigenvalue weighted by atomic mass is 10.1. The summed E-state index contributed by atoms with van der Waals surface area (Å²) in [6.07, 6.45) is 0. The summed E-state index contributed by atoms with van der Waals surface area (Å²) in [6, 6.07) is 24.4. The number of nitrogens with zero attached hydrogens (tertiary/aromatic N) is 3. The van der Waals surface area contributed by atoms with Gasteiger partial charge in [-0.05, 0) is 35.7 Å². The van der Waals surface area contributed by atoms with E-state index in [0.29, 0.717) is 11.1 Å². The second-order valence-corrected chi connectivity index (χ2v) is 12.6. The van der Waals surface area contributed by atoms with E-state index < -0.39 is 25.5 Å². The number of nitrogens with one attached hydrogen (secondary N) is 1. The summed E-state index contributed by atoms with van der Waals surface area (Å²) in [7, 11) is -6.88. The van der Waals surface area contributed by atoms with Gasteiger partial charge in [-0.2, -0.15) is 0 Å². The van der Waals surface area contributed by atoms with Crippen LogP contribution in [0.3, 0.4) is 0 Å². The average Bonchev–Trinajstić information content (AvgIpc) is 3.55. The molecular formula is C25H22N4O5S3. The van der Waals surface area contributed by atoms with Crippen LogP contribution in [0.1, 0.15) is 29.3 Å². The first-order valence-electron chi connectivity index (χ1n) is 11.2. The molecule has 1 atom stereocenters. The van der Waals surface area contributed by atoms with Crippen LogP contribution in [0.4, 0.5) is 0 Å². The van der Waals surface area contributed by atoms with Crippen LogP contribution in [-0.4, -0.2) is 32.0 Å². The summed E-state index contributed by atoms with van der Waals surface area (Å²) in [6.45, 7) is 1.25. The fourth-order valence-corrected chi connectivity index (χ4v) is 7.27. The van der Waals surface area contributed by atoms with E-state index >= 15 is 0 Å². The van der Waals surface area contributed by atoms with Crippen LogP contribution in [0.15, 0.2) is 83.3 Å². The Bertz CT molecular complexity index is 1720. The van der Waals surface area contributed by atoms with E-state index in [2.05, 4.69) is 19.9 Å². The van der Waals surface area contributed by atoms with Gasteiger partial charge in [0.15, 0.2) is 14.6 Å². The molecule has 5 rings (SSSR count). The molecule has 3 aromatic carbocycles. The molecule has 2 aromatic heterocycles. The molecule has 1 unspecified atom stereocenters. The summed E-state index contributed by atoms with van der Waals surface area (Å²) in [5.41, 5.74) is 3.26. The van der Waals surface area contributed by atoms with E-state index in [1.165, 1.54) is 18.3 Å². The highest BCUT2D eigenvalue weighted by molar-refractivity contribution is 7.91. The molecule has 0 aliphatic rings. The Morgan fingerprint density at radius 2 is 1.65 bits per heavy atom. The largest absolute Gasteiger partial charge is 0.422 e. The van der Waals surface area contributed by atoms with Crippen molar-refractivity contribution in [2.24, 2.45) is 0 Å². The molecule has 0 aliphatic carbocycles. The predicted molar refractivity (Wildman–Crippen MR) is 142 cm³/mol. The smallest absolute Gasteiger partial charge is 0.244 e. The van der Waals surface area contributed by atoms with Gasteiger partial charge in [-0.1, -0.05) is 66.7 Å². The first-order valence-corrected chi connectivity index (χ1v) is 14.8. The van der Waals surface area contributed by atoms with Gasteiger partial charge in [0.1, 0.15) is 5.01 Å². The third-order valence-corrected chi connectivity index (χ3v) is 10.1. The van der Waals surface area contributed by atoms with Crippen LogP contribution >= 0.6 is 11.3 Å². The van der Waals surface area contributed by atoms with Gasteiger partial charge in [-0.3, -0.25) is 0 Å². The number of hydrogen-bond acceptors (Lipinski definition) is 9. The fraction of sp³-hybridized carbons (Fsp3) is 0.160. The van der Waals surface area contributed by atoms with Crippen LogP contribution in [0.2, 0.25) is 0 Å². The second kappa shape index (κ2) is 10.1. The molecule has 0 bridgehead atoms. The minimum absolute atomic E-state index is 0.0530. The van der Waals surface area contributed by atoms with E-state index in [4.69, 9.17) is 4.42 Å². The third kappa shape index (κ3) is 5.05. The molecule has 9 nitrogen and oxygen atoms in total. The maximum atomic E-state index is 14.0. The summed E-state index contributed by atoms with van der Waals surface area (Å²) in [5, 5.41) is 8.17. The van der Waals surface area contributed by atoms with E-state index in [1.54, 1.807) is 24.3 Å². The average molecular weight is 555 g/mol. The van der Waals surface area contributed by atoms with Crippen molar-refractivity contribution in [3.8, 4) is 11.1 Å². The second-order valence-electron chi connectivity index (χ2n) is 8.44. The number of sulfone groups is 1. The maximum absolute atomic E-state index is 14.0. The van der Waals surface area contributed by atoms with Crippen molar-refractivity contribution in [3.63, 3.8) is 0 Å². The maximum Gasteiger partial charge on any atom is 0.244 e. The summed E-state index contributed by atoms with van der Waals surface area (Å²) >= 11 is 1.24. The van der Waals surface area contributed by atoms with Gasteiger partial charge in [-0.25, -0.2) is 26.5 Å². The number of benzene rings is 3. The highest BCUT2D eigenvalue weighted by Gasteiger charge is 2.50. The molecule has 1 N–H and O–H groups in total. The molecule has 37 heavy (non-hydrogen) atoms. The van der Waals surface area contributed by atoms with Crippen LogP contribution < -0.4 is 4.72 Å². The molecule has 2 heterocycles. The Morgan fingerprint density at radius 1 is 0.946 bits per heavy atom. The molecule has 5 aromatic rings. The Morgan fingerprint density at radius 3 is 2.35 bits per heavy atom. The molecule has 0 spiro atoms. The van der Waals surface area contributed by atoms with Gasteiger partial charge >= 0.3 is 0 Å². The van der Waals surface area contributed by atoms with Crippen molar-refractivity contribution in [2.75, 3.05) is 0 Å². The molecule has 0 amide bonds. The van der Waals surface area contributed by atoms with Crippen LogP contribution in [0.5, 0.6) is 0 Å². The number of rotatable bonds is 9. The molecule has 0 radical (unpaired) electrons. The van der Waals surface area contributed by atoms with Crippen molar-refractivity contribution in [1.29, 1.82) is 0 Å². The van der Waals surface area contributed by atoms with E-state index in [0.717, 1.165) is 15.8 Å². The lowest BCUT2D eigenvalue weighted by molar-refractivity contribution is 0.412. The van der Waals surface area contributed by atoms with Crippen LogP contribution in [-0.2, 0) is 37.8 Å². The zero-order chi connectivity index (χ0) is 26.0. The normalized spacial score (nSPS) is 13.7. The van der Waals surface area contributed by atoms with Crippen molar-refractivity contribution in [3.05, 3.63) is 101 Å². The van der Waals surface area contributed by atoms with Crippen molar-refractivity contribution < 1.29 is 21.3 Å². The van der Waals surface area contributed by atoms with Crippen molar-refractivity contribution in [1.82, 2.24) is 19.9 Å². The Labute approximate surface area is 219 Å². The minimum Gasteiger partial charge on any atom is -0.422 e. The Kier molecular flexibility index (Phi) is 6.90. The number of thiazole rings is 1. The predicted octanol–water partition coefficient (Wildman–Crippen LogP) is 3.84. The molecule has 0 aliphatic heterocycles. The SMILES string of the molecule is CC(c1nnc(CN[SH](=O)=O)o1)(c1nc2ccc(-c3ccccc3)cc2s1)S(=O)(=O)Cc1ccccc1. The Balaban J connectivity index is 1.62. The number of fused-ring (bicyclic) bond motifs is 1. The van der Waals surface area contributed by atoms with E-state index in [1.807, 2.05) is 54.6 Å². The highest BCUT2D eigenvalue weighted by Crippen LogP contribution is 2.42. The fourth-order valence-electron chi connectivity index (χ4n) is 3.88. The summed E-state index contributed by atoms with van der Waals surface area (Å²) < 4.78 is 56.7. The zero-order valence-electron chi connectivity index (χ0n) is 19.6. The molecule has 0 saturated carbocycles. The number of hydrogen-bond donors (Lipinski definition) is 2. The van der Waals surface area contributed by atoms with Crippen molar-refractivity contribution in [2.45, 2.75) is 24.0 Å². The van der Waals surface area contributed by atoms with Crippen LogP contribution in [0.25, 0.3) is 21.3 Å². The standard InChI is InChI=1S/C25H22N4O5S3/c1-25(23-29-28-22(34-23)15-26-36(30)31,37(32,33)16-17-8-4-2-5-9-17)24-27-20-13-12-19(14-21(20)35-24)18-10-6-3-7-11-18/h2-14,36H,15-16H2,1H3,(H,26,30,31). The van der Waals surface area contributed by atoms with Gasteiger partial charge in [0.05, 0.1) is 22.5 Å². The lowest BCUT2D eigenvalue weighted by Gasteiger charge is -2.23. The quantitative estimate of drug-likeness (QED) is 0.263. The van der Waals surface area contributed by atoms with Gasteiger partial charge in [-0.15, -0.1) is 21.5 Å². The highest BCUT2D eigenvalue weighted by atomic mass is 32.2. The van der Waals surface area contributed by atoms with Crippen molar-refractivity contribution >= 4 is 42.3 Å². The first-order chi connectivity index (χ1) is 17.8. The van der Waals surface area contributed by atoms with Crippen LogP contribution in [0, 0.1) is 0 Å². The van der Waals surface area contributed by atoms with Gasteiger partial charge in [0.2, 0.25) is 22.7 Å².